The van der Waals surface area contributed by atoms with Gasteiger partial charge in [0, 0.05) is 5.56 Å². The Balaban J connectivity index is 1.46. The molecule has 4 aromatic carbocycles. The minimum atomic E-state index is -0.546. The van der Waals surface area contributed by atoms with E-state index in [4.69, 9.17) is 14.2 Å². The summed E-state index contributed by atoms with van der Waals surface area (Å²) in [5.41, 5.74) is 4.01. The Morgan fingerprint density at radius 2 is 1.57 bits per heavy atom. The molecule has 1 N–H and O–H groups in total. The molecule has 8 heteroatoms. The van der Waals surface area contributed by atoms with Crippen molar-refractivity contribution in [1.82, 2.24) is 5.43 Å². The van der Waals surface area contributed by atoms with Crippen molar-refractivity contribution in [1.29, 1.82) is 0 Å². The summed E-state index contributed by atoms with van der Waals surface area (Å²) in [4.78, 5) is 25.1. The van der Waals surface area contributed by atoms with Crippen LogP contribution in [0.25, 0.3) is 10.8 Å². The number of methoxy groups -OCH3 is 2. The molecule has 7 nitrogen and oxygen atoms in total. The zero-order valence-electron chi connectivity index (χ0n) is 18.9. The highest BCUT2D eigenvalue weighted by molar-refractivity contribution is 9.10. The predicted molar refractivity (Wildman–Crippen MR) is 138 cm³/mol. The summed E-state index contributed by atoms with van der Waals surface area (Å²) in [7, 11) is 3.02. The standard InChI is InChI=1S/C27H21BrN2O5/c1-33-22-11-9-19(10-12-22)27(32)35-25-23(28)13-17(14-24(25)34-2)16-29-30-26(31)21-8-7-18-5-3-4-6-20(18)15-21/h3-16H,1-2H3,(H,30,31)/b29-16-. The molecule has 0 atom stereocenters. The fourth-order valence-corrected chi connectivity index (χ4v) is 3.89. The third kappa shape index (κ3) is 5.67. The van der Waals surface area contributed by atoms with E-state index in [1.165, 1.54) is 13.3 Å². The van der Waals surface area contributed by atoms with E-state index in [0.29, 0.717) is 32.7 Å². The van der Waals surface area contributed by atoms with Gasteiger partial charge in [0.05, 0.1) is 30.5 Å². The minimum Gasteiger partial charge on any atom is -0.497 e. The van der Waals surface area contributed by atoms with Crippen molar-refractivity contribution in [3.8, 4) is 17.2 Å². The average molecular weight is 533 g/mol. The van der Waals surface area contributed by atoms with Crippen molar-refractivity contribution >= 4 is 44.8 Å². The number of hydrogen-bond acceptors (Lipinski definition) is 6. The summed E-state index contributed by atoms with van der Waals surface area (Å²) in [6.45, 7) is 0. The summed E-state index contributed by atoms with van der Waals surface area (Å²) in [5, 5.41) is 6.07. The molecule has 0 aliphatic rings. The predicted octanol–water partition coefficient (Wildman–Crippen LogP) is 5.60. The molecule has 4 rings (SSSR count). The maximum absolute atomic E-state index is 12.6. The number of hydrogen-bond donors (Lipinski definition) is 1. The van der Waals surface area contributed by atoms with Gasteiger partial charge in [0.25, 0.3) is 5.91 Å². The van der Waals surface area contributed by atoms with Crippen LogP contribution < -0.4 is 19.6 Å². The number of ether oxygens (including phenoxy) is 3. The summed E-state index contributed by atoms with van der Waals surface area (Å²) in [6.07, 6.45) is 1.47. The van der Waals surface area contributed by atoms with Crippen LogP contribution in [0.5, 0.6) is 17.2 Å². The van der Waals surface area contributed by atoms with E-state index in [1.807, 2.05) is 36.4 Å². The van der Waals surface area contributed by atoms with Crippen LogP contribution in [0, 0.1) is 0 Å². The second-order valence-electron chi connectivity index (χ2n) is 7.41. The average Bonchev–Trinajstić information content (AvgIpc) is 2.89. The number of hydrazone groups is 1. The number of nitrogens with zero attached hydrogens (tertiary/aromatic N) is 1. The number of esters is 1. The Labute approximate surface area is 210 Å². The molecule has 0 saturated carbocycles. The van der Waals surface area contributed by atoms with Crippen molar-refractivity contribution in [2.75, 3.05) is 14.2 Å². The molecule has 35 heavy (non-hydrogen) atoms. The fraction of sp³-hybridized carbons (Fsp3) is 0.0741. The number of carbonyl (C=O) groups excluding carboxylic acids is 2. The number of fused-ring (bicyclic) bond motifs is 1. The van der Waals surface area contributed by atoms with Crippen LogP contribution in [0.15, 0.2) is 88.4 Å². The molecule has 0 fully saturated rings. The lowest BCUT2D eigenvalue weighted by molar-refractivity contribution is 0.0728. The fourth-order valence-electron chi connectivity index (χ4n) is 3.35. The van der Waals surface area contributed by atoms with E-state index >= 15 is 0 Å². The van der Waals surface area contributed by atoms with Gasteiger partial charge < -0.3 is 14.2 Å². The summed E-state index contributed by atoms with van der Waals surface area (Å²) >= 11 is 3.42. The highest BCUT2D eigenvalue weighted by Crippen LogP contribution is 2.37. The monoisotopic (exact) mass is 532 g/mol. The Morgan fingerprint density at radius 1 is 0.857 bits per heavy atom. The van der Waals surface area contributed by atoms with Gasteiger partial charge in [0.2, 0.25) is 0 Å². The van der Waals surface area contributed by atoms with Gasteiger partial charge >= 0.3 is 5.97 Å². The van der Waals surface area contributed by atoms with E-state index in [-0.39, 0.29) is 11.7 Å². The lowest BCUT2D eigenvalue weighted by Gasteiger charge is -2.12. The lowest BCUT2D eigenvalue weighted by Crippen LogP contribution is -2.17. The van der Waals surface area contributed by atoms with Crippen LogP contribution in [0.3, 0.4) is 0 Å². The van der Waals surface area contributed by atoms with E-state index in [1.54, 1.807) is 49.6 Å². The normalized spacial score (nSPS) is 10.8. The third-order valence-electron chi connectivity index (χ3n) is 5.16. The Morgan fingerprint density at radius 3 is 2.29 bits per heavy atom. The number of amides is 1. The van der Waals surface area contributed by atoms with Gasteiger partial charge in [-0.3, -0.25) is 4.79 Å². The smallest absolute Gasteiger partial charge is 0.343 e. The van der Waals surface area contributed by atoms with Crippen LogP contribution in [0.4, 0.5) is 0 Å². The van der Waals surface area contributed by atoms with Gasteiger partial charge in [-0.2, -0.15) is 5.10 Å². The summed E-state index contributed by atoms with van der Waals surface area (Å²) < 4.78 is 16.5. The largest absolute Gasteiger partial charge is 0.497 e. The molecule has 0 spiro atoms. The van der Waals surface area contributed by atoms with Gasteiger partial charge in [-0.15, -0.1) is 0 Å². The Bertz CT molecular complexity index is 1420. The number of nitrogens with one attached hydrogen (secondary N) is 1. The maximum atomic E-state index is 12.6. The summed E-state index contributed by atoms with van der Waals surface area (Å²) in [6, 6.07) is 23.2. The van der Waals surface area contributed by atoms with E-state index in [2.05, 4.69) is 26.5 Å². The van der Waals surface area contributed by atoms with Gasteiger partial charge in [0.15, 0.2) is 11.5 Å². The lowest BCUT2D eigenvalue weighted by atomic mass is 10.1. The topological polar surface area (TPSA) is 86.2 Å². The van der Waals surface area contributed by atoms with E-state index < -0.39 is 5.97 Å². The van der Waals surface area contributed by atoms with Crippen LogP contribution in [0.1, 0.15) is 26.3 Å². The van der Waals surface area contributed by atoms with Crippen molar-refractivity contribution in [2.24, 2.45) is 5.10 Å². The van der Waals surface area contributed by atoms with Crippen molar-refractivity contribution < 1.29 is 23.8 Å². The zero-order valence-corrected chi connectivity index (χ0v) is 20.5. The molecule has 0 aliphatic heterocycles. The minimum absolute atomic E-state index is 0.227. The molecule has 4 aromatic rings. The van der Waals surface area contributed by atoms with Crippen molar-refractivity contribution in [3.63, 3.8) is 0 Å². The molecule has 0 aliphatic carbocycles. The highest BCUT2D eigenvalue weighted by Gasteiger charge is 2.17. The first-order valence-corrected chi connectivity index (χ1v) is 11.3. The van der Waals surface area contributed by atoms with Crippen LogP contribution >= 0.6 is 15.9 Å². The zero-order chi connectivity index (χ0) is 24.8. The highest BCUT2D eigenvalue weighted by atomic mass is 79.9. The van der Waals surface area contributed by atoms with Gasteiger partial charge in [-0.1, -0.05) is 30.3 Å². The molecular formula is C27H21BrN2O5. The number of carbonyl (C=O) groups is 2. The number of halogens is 1. The first kappa shape index (κ1) is 24.0. The molecule has 0 aromatic heterocycles. The SMILES string of the molecule is COc1ccc(C(=O)Oc2c(Br)cc(/C=N\NC(=O)c3ccc4ccccc4c3)cc2OC)cc1. The molecule has 1 amide bonds. The molecule has 0 saturated heterocycles. The van der Waals surface area contributed by atoms with Gasteiger partial charge in [-0.05, 0) is 80.8 Å². The van der Waals surface area contributed by atoms with Gasteiger partial charge in [-0.25, -0.2) is 10.2 Å². The Hall–Kier alpha value is -4.17. The Kier molecular flexibility index (Phi) is 7.42. The van der Waals surface area contributed by atoms with Crippen LogP contribution in [0.2, 0.25) is 0 Å². The van der Waals surface area contributed by atoms with Crippen molar-refractivity contribution in [2.45, 2.75) is 0 Å². The molecule has 0 unspecified atom stereocenters. The van der Waals surface area contributed by atoms with Crippen molar-refractivity contribution in [3.05, 3.63) is 100 Å². The first-order chi connectivity index (χ1) is 17.0. The second kappa shape index (κ2) is 10.8. The third-order valence-corrected chi connectivity index (χ3v) is 5.75. The van der Waals surface area contributed by atoms with Gasteiger partial charge in [0.1, 0.15) is 5.75 Å². The molecule has 0 heterocycles. The molecule has 176 valence electrons. The molecular weight excluding hydrogens is 512 g/mol. The van der Waals surface area contributed by atoms with Crippen LogP contribution in [-0.4, -0.2) is 32.3 Å². The van der Waals surface area contributed by atoms with Crippen LogP contribution in [-0.2, 0) is 0 Å². The quantitative estimate of drug-likeness (QED) is 0.145. The van der Waals surface area contributed by atoms with E-state index in [9.17, 15) is 9.59 Å². The van der Waals surface area contributed by atoms with E-state index in [0.717, 1.165) is 10.8 Å². The molecule has 0 bridgehead atoms. The molecule has 0 radical (unpaired) electrons. The number of benzene rings is 4. The second-order valence-corrected chi connectivity index (χ2v) is 8.27. The maximum Gasteiger partial charge on any atom is 0.343 e. The number of rotatable bonds is 7. The first-order valence-electron chi connectivity index (χ1n) is 10.5. The summed E-state index contributed by atoms with van der Waals surface area (Å²) in [5.74, 6) is 0.310.